The SMILES string of the molecule is CCCCCSc1cc(C(=O)Nc2nccs2)cc(OC)n1. The molecule has 22 heavy (non-hydrogen) atoms. The Hall–Kier alpha value is -1.60. The van der Waals surface area contributed by atoms with Gasteiger partial charge in [0.1, 0.15) is 5.03 Å². The topological polar surface area (TPSA) is 64.1 Å². The highest BCUT2D eigenvalue weighted by Crippen LogP contribution is 2.23. The first kappa shape index (κ1) is 16.8. The van der Waals surface area contributed by atoms with E-state index in [2.05, 4.69) is 22.2 Å². The molecule has 1 amide bonds. The molecule has 0 saturated heterocycles. The largest absolute Gasteiger partial charge is 0.481 e. The standard InChI is InChI=1S/C15H19N3O2S2/c1-3-4-5-7-21-13-10-11(9-12(17-13)20-2)14(19)18-15-16-6-8-22-15/h6,8-10H,3-5,7H2,1-2H3,(H,16,18,19). The van der Waals surface area contributed by atoms with Gasteiger partial charge in [0.25, 0.3) is 5.91 Å². The smallest absolute Gasteiger partial charge is 0.257 e. The molecule has 7 heteroatoms. The lowest BCUT2D eigenvalue weighted by molar-refractivity contribution is 0.102. The van der Waals surface area contributed by atoms with Gasteiger partial charge in [-0.2, -0.15) is 0 Å². The number of unbranched alkanes of at least 4 members (excludes halogenated alkanes) is 2. The van der Waals surface area contributed by atoms with Crippen molar-refractivity contribution >= 4 is 34.1 Å². The Morgan fingerprint density at radius 3 is 2.95 bits per heavy atom. The van der Waals surface area contributed by atoms with Crippen LogP contribution in [0.2, 0.25) is 0 Å². The first-order valence-corrected chi connectivity index (χ1v) is 8.99. The molecular formula is C15H19N3O2S2. The molecule has 0 bridgehead atoms. The molecule has 0 aliphatic rings. The van der Waals surface area contributed by atoms with Crippen molar-refractivity contribution in [2.24, 2.45) is 0 Å². The average molecular weight is 337 g/mol. The summed E-state index contributed by atoms with van der Waals surface area (Å²) in [6.07, 6.45) is 5.19. The Bertz CT molecular complexity index is 603. The van der Waals surface area contributed by atoms with Gasteiger partial charge >= 0.3 is 0 Å². The molecular weight excluding hydrogens is 318 g/mol. The third-order valence-electron chi connectivity index (χ3n) is 2.90. The first-order valence-electron chi connectivity index (χ1n) is 7.12. The summed E-state index contributed by atoms with van der Waals surface area (Å²) in [5.74, 6) is 1.23. The molecule has 0 radical (unpaired) electrons. The zero-order valence-electron chi connectivity index (χ0n) is 12.7. The third-order valence-corrected chi connectivity index (χ3v) is 4.59. The van der Waals surface area contributed by atoms with Gasteiger partial charge in [-0.3, -0.25) is 10.1 Å². The number of thioether (sulfide) groups is 1. The van der Waals surface area contributed by atoms with Gasteiger partial charge in [-0.1, -0.05) is 19.8 Å². The molecule has 2 rings (SSSR count). The van der Waals surface area contributed by atoms with Crippen LogP contribution < -0.4 is 10.1 Å². The number of hydrogen-bond acceptors (Lipinski definition) is 6. The maximum Gasteiger partial charge on any atom is 0.257 e. The summed E-state index contributed by atoms with van der Waals surface area (Å²) in [7, 11) is 1.55. The fourth-order valence-corrected chi connectivity index (χ4v) is 3.22. The van der Waals surface area contributed by atoms with Crippen molar-refractivity contribution in [1.82, 2.24) is 9.97 Å². The first-order chi connectivity index (χ1) is 10.7. The Morgan fingerprint density at radius 2 is 2.27 bits per heavy atom. The van der Waals surface area contributed by atoms with Crippen molar-refractivity contribution in [1.29, 1.82) is 0 Å². The van der Waals surface area contributed by atoms with E-state index < -0.39 is 0 Å². The highest BCUT2D eigenvalue weighted by atomic mass is 32.2. The summed E-state index contributed by atoms with van der Waals surface area (Å²) < 4.78 is 5.19. The number of carbonyl (C=O) groups excluding carboxylic acids is 1. The molecule has 118 valence electrons. The fourth-order valence-electron chi connectivity index (χ4n) is 1.77. The normalized spacial score (nSPS) is 10.5. The summed E-state index contributed by atoms with van der Waals surface area (Å²) in [6, 6.07) is 3.43. The van der Waals surface area contributed by atoms with Gasteiger partial charge in [0.05, 0.1) is 7.11 Å². The fraction of sp³-hybridized carbons (Fsp3) is 0.400. The number of rotatable bonds is 8. The second-order valence-electron chi connectivity index (χ2n) is 4.58. The maximum absolute atomic E-state index is 12.3. The number of nitrogens with zero attached hydrogens (tertiary/aromatic N) is 2. The van der Waals surface area contributed by atoms with E-state index >= 15 is 0 Å². The molecule has 2 aromatic rings. The molecule has 2 heterocycles. The molecule has 0 aliphatic heterocycles. The van der Waals surface area contributed by atoms with Gasteiger partial charge < -0.3 is 4.74 Å². The van der Waals surface area contributed by atoms with Gasteiger partial charge in [-0.15, -0.1) is 23.1 Å². The molecule has 2 aromatic heterocycles. The number of ether oxygens (including phenoxy) is 1. The summed E-state index contributed by atoms with van der Waals surface area (Å²) in [5.41, 5.74) is 0.528. The Balaban J connectivity index is 2.07. The maximum atomic E-state index is 12.3. The number of hydrogen-bond donors (Lipinski definition) is 1. The Labute approximate surface area is 138 Å². The number of methoxy groups -OCH3 is 1. The van der Waals surface area contributed by atoms with Crippen LogP contribution in [-0.4, -0.2) is 28.7 Å². The van der Waals surface area contributed by atoms with Crippen LogP contribution in [0.1, 0.15) is 36.5 Å². The number of amides is 1. The number of thiazole rings is 1. The quantitative estimate of drug-likeness (QED) is 0.581. The monoisotopic (exact) mass is 337 g/mol. The van der Waals surface area contributed by atoms with Crippen LogP contribution in [0.25, 0.3) is 0 Å². The summed E-state index contributed by atoms with van der Waals surface area (Å²) in [5, 5.41) is 5.97. The van der Waals surface area contributed by atoms with Gasteiger partial charge in [-0.25, -0.2) is 9.97 Å². The molecule has 0 aromatic carbocycles. The Morgan fingerprint density at radius 1 is 1.41 bits per heavy atom. The molecule has 0 atom stereocenters. The minimum absolute atomic E-state index is 0.203. The predicted octanol–water partition coefficient (Wildman–Crippen LogP) is 4.08. The second kappa shape index (κ2) is 8.75. The van der Waals surface area contributed by atoms with Crippen LogP contribution >= 0.6 is 23.1 Å². The van der Waals surface area contributed by atoms with E-state index in [1.54, 1.807) is 37.2 Å². The zero-order valence-corrected chi connectivity index (χ0v) is 14.3. The van der Waals surface area contributed by atoms with Crippen molar-refractivity contribution in [2.45, 2.75) is 31.2 Å². The van der Waals surface area contributed by atoms with Gasteiger partial charge in [0, 0.05) is 23.2 Å². The number of carbonyl (C=O) groups is 1. The van der Waals surface area contributed by atoms with E-state index in [1.807, 2.05) is 5.38 Å². The summed E-state index contributed by atoms with van der Waals surface area (Å²) in [4.78, 5) is 20.7. The van der Waals surface area contributed by atoms with E-state index in [1.165, 1.54) is 24.2 Å². The van der Waals surface area contributed by atoms with Crippen molar-refractivity contribution in [3.8, 4) is 5.88 Å². The third kappa shape index (κ3) is 4.99. The highest BCUT2D eigenvalue weighted by Gasteiger charge is 2.12. The van der Waals surface area contributed by atoms with Crippen LogP contribution in [0.15, 0.2) is 28.7 Å². The number of aromatic nitrogens is 2. The molecule has 1 N–H and O–H groups in total. The van der Waals surface area contributed by atoms with E-state index in [9.17, 15) is 4.79 Å². The van der Waals surface area contributed by atoms with Crippen LogP contribution in [0, 0.1) is 0 Å². The highest BCUT2D eigenvalue weighted by molar-refractivity contribution is 7.99. The van der Waals surface area contributed by atoms with Crippen LogP contribution in [-0.2, 0) is 0 Å². The van der Waals surface area contributed by atoms with E-state index in [4.69, 9.17) is 4.74 Å². The van der Waals surface area contributed by atoms with E-state index in [0.29, 0.717) is 16.6 Å². The van der Waals surface area contributed by atoms with E-state index in [-0.39, 0.29) is 5.91 Å². The minimum Gasteiger partial charge on any atom is -0.481 e. The molecule has 0 unspecified atom stereocenters. The molecule has 0 saturated carbocycles. The van der Waals surface area contributed by atoms with Crippen LogP contribution in [0.3, 0.4) is 0 Å². The van der Waals surface area contributed by atoms with Gasteiger partial charge in [-0.05, 0) is 18.2 Å². The summed E-state index contributed by atoms with van der Waals surface area (Å²) >= 11 is 3.03. The zero-order chi connectivity index (χ0) is 15.8. The summed E-state index contributed by atoms with van der Waals surface area (Å²) in [6.45, 7) is 2.18. The van der Waals surface area contributed by atoms with E-state index in [0.717, 1.165) is 17.2 Å². The minimum atomic E-state index is -0.203. The molecule has 5 nitrogen and oxygen atoms in total. The van der Waals surface area contributed by atoms with Crippen molar-refractivity contribution < 1.29 is 9.53 Å². The average Bonchev–Trinajstić information content (AvgIpc) is 3.04. The lowest BCUT2D eigenvalue weighted by Gasteiger charge is -2.07. The van der Waals surface area contributed by atoms with Gasteiger partial charge in [0.15, 0.2) is 5.13 Å². The van der Waals surface area contributed by atoms with Crippen LogP contribution in [0.5, 0.6) is 5.88 Å². The Kier molecular flexibility index (Phi) is 6.67. The lowest BCUT2D eigenvalue weighted by atomic mass is 10.2. The van der Waals surface area contributed by atoms with Crippen LogP contribution in [0.4, 0.5) is 5.13 Å². The predicted molar refractivity (Wildman–Crippen MR) is 91.1 cm³/mol. The lowest BCUT2D eigenvalue weighted by Crippen LogP contribution is -2.12. The number of pyridine rings is 1. The number of anilines is 1. The molecule has 0 fully saturated rings. The number of nitrogens with one attached hydrogen (secondary N) is 1. The van der Waals surface area contributed by atoms with Crippen molar-refractivity contribution in [3.63, 3.8) is 0 Å². The van der Waals surface area contributed by atoms with Gasteiger partial charge in [0.2, 0.25) is 5.88 Å². The molecule has 0 spiro atoms. The van der Waals surface area contributed by atoms with Crippen molar-refractivity contribution in [2.75, 3.05) is 18.2 Å². The molecule has 0 aliphatic carbocycles. The second-order valence-corrected chi connectivity index (χ2v) is 6.59. The van der Waals surface area contributed by atoms with Crippen molar-refractivity contribution in [3.05, 3.63) is 29.3 Å².